The highest BCUT2D eigenvalue weighted by atomic mass is 35.5. The average molecular weight is 237 g/mol. The number of aryl methyl sites for hydroxylation is 1. The van der Waals surface area contributed by atoms with Gasteiger partial charge in [-0.25, -0.2) is 19.7 Å². The molecule has 6 heteroatoms. The summed E-state index contributed by atoms with van der Waals surface area (Å²) in [5, 5.41) is 0.374. The van der Waals surface area contributed by atoms with Crippen LogP contribution in [-0.4, -0.2) is 19.5 Å². The van der Waals surface area contributed by atoms with Gasteiger partial charge in [0.2, 0.25) is 0 Å². The maximum atomic E-state index is 11.4. The van der Waals surface area contributed by atoms with Crippen LogP contribution in [-0.2, 0) is 6.54 Å². The topological polar surface area (TPSA) is 60.7 Å². The van der Waals surface area contributed by atoms with Crippen LogP contribution < -0.4 is 5.69 Å². The first-order chi connectivity index (χ1) is 7.65. The molecule has 0 atom stereocenters. The smallest absolute Gasteiger partial charge is 0.292 e. The summed E-state index contributed by atoms with van der Waals surface area (Å²) in [6.45, 7) is 2.09. The first kappa shape index (κ1) is 10.8. The van der Waals surface area contributed by atoms with Gasteiger partial charge in [-0.05, 0) is 19.1 Å². The van der Waals surface area contributed by atoms with Crippen LogP contribution in [0.3, 0.4) is 0 Å². The Bertz CT molecular complexity index is 546. The van der Waals surface area contributed by atoms with E-state index in [9.17, 15) is 4.79 Å². The van der Waals surface area contributed by atoms with E-state index in [1.807, 2.05) is 6.92 Å². The van der Waals surface area contributed by atoms with Gasteiger partial charge in [-0.1, -0.05) is 11.6 Å². The molecule has 0 aliphatic carbocycles. The first-order valence-corrected chi connectivity index (χ1v) is 5.04. The lowest BCUT2D eigenvalue weighted by Gasteiger charge is -2.04. The van der Waals surface area contributed by atoms with Gasteiger partial charge in [-0.3, -0.25) is 4.57 Å². The van der Waals surface area contributed by atoms with Crippen molar-refractivity contribution in [3.63, 3.8) is 0 Å². The summed E-state index contributed by atoms with van der Waals surface area (Å²) in [6.07, 6.45) is 3.08. The molecule has 0 spiro atoms. The predicted molar refractivity (Wildman–Crippen MR) is 59.4 cm³/mol. The molecule has 0 radical (unpaired) electrons. The van der Waals surface area contributed by atoms with Crippen molar-refractivity contribution in [3.05, 3.63) is 51.7 Å². The van der Waals surface area contributed by atoms with E-state index in [0.29, 0.717) is 11.0 Å². The van der Waals surface area contributed by atoms with Gasteiger partial charge in [0.25, 0.3) is 0 Å². The van der Waals surface area contributed by atoms with E-state index in [1.165, 1.54) is 10.8 Å². The highest BCUT2D eigenvalue weighted by Crippen LogP contribution is 2.06. The molecule has 0 bridgehead atoms. The van der Waals surface area contributed by atoms with Crippen LogP contribution in [0.4, 0.5) is 0 Å². The molecule has 0 aliphatic rings. The molecule has 2 aromatic heterocycles. The summed E-state index contributed by atoms with van der Waals surface area (Å²) in [5.74, 6) is 0.500. The quantitative estimate of drug-likeness (QED) is 0.731. The van der Waals surface area contributed by atoms with Crippen molar-refractivity contribution in [3.8, 4) is 0 Å². The monoisotopic (exact) mass is 236 g/mol. The highest BCUT2D eigenvalue weighted by Gasteiger charge is 2.03. The van der Waals surface area contributed by atoms with Gasteiger partial charge < -0.3 is 0 Å². The van der Waals surface area contributed by atoms with E-state index in [0.717, 1.165) is 5.69 Å². The standard InChI is InChI=1S/C10H9ClN4O/c1-7-5-8(11)14-9(13-7)6-15-4-2-3-12-10(15)16/h2-5H,6H2,1H3. The fraction of sp³-hybridized carbons (Fsp3) is 0.200. The highest BCUT2D eigenvalue weighted by molar-refractivity contribution is 6.29. The SMILES string of the molecule is Cc1cc(Cl)nc(Cn2cccnc2=O)n1. The number of rotatable bonds is 2. The minimum Gasteiger partial charge on any atom is -0.292 e. The molecule has 2 aromatic rings. The van der Waals surface area contributed by atoms with Crippen molar-refractivity contribution < 1.29 is 0 Å². The molecule has 0 aromatic carbocycles. The van der Waals surface area contributed by atoms with Crippen molar-refractivity contribution in [2.45, 2.75) is 13.5 Å². The Balaban J connectivity index is 2.34. The zero-order valence-corrected chi connectivity index (χ0v) is 9.35. The van der Waals surface area contributed by atoms with Crippen molar-refractivity contribution in [2.24, 2.45) is 0 Å². The Hall–Kier alpha value is -1.75. The fourth-order valence-electron chi connectivity index (χ4n) is 1.32. The fourth-order valence-corrected chi connectivity index (χ4v) is 1.57. The average Bonchev–Trinajstić information content (AvgIpc) is 2.20. The van der Waals surface area contributed by atoms with E-state index in [2.05, 4.69) is 15.0 Å². The molecular formula is C10H9ClN4O. The van der Waals surface area contributed by atoms with Crippen LogP contribution in [0.15, 0.2) is 29.3 Å². The largest absolute Gasteiger partial charge is 0.347 e. The van der Waals surface area contributed by atoms with Crippen LogP contribution in [0.25, 0.3) is 0 Å². The molecule has 82 valence electrons. The molecule has 0 fully saturated rings. The maximum Gasteiger partial charge on any atom is 0.347 e. The lowest BCUT2D eigenvalue weighted by molar-refractivity contribution is 0.687. The molecular weight excluding hydrogens is 228 g/mol. The third-order valence-corrected chi connectivity index (χ3v) is 2.16. The summed E-state index contributed by atoms with van der Waals surface area (Å²) >= 11 is 5.80. The Labute approximate surface area is 96.8 Å². The van der Waals surface area contributed by atoms with Crippen LogP contribution >= 0.6 is 11.6 Å². The second-order valence-electron chi connectivity index (χ2n) is 3.28. The summed E-state index contributed by atoms with van der Waals surface area (Å²) in [4.78, 5) is 23.2. The van der Waals surface area contributed by atoms with E-state index in [1.54, 1.807) is 18.3 Å². The van der Waals surface area contributed by atoms with Crippen molar-refractivity contribution in [1.82, 2.24) is 19.5 Å². The van der Waals surface area contributed by atoms with E-state index in [4.69, 9.17) is 11.6 Å². The number of hydrogen-bond acceptors (Lipinski definition) is 4. The van der Waals surface area contributed by atoms with Crippen LogP contribution in [0.2, 0.25) is 5.15 Å². The molecule has 16 heavy (non-hydrogen) atoms. The second kappa shape index (κ2) is 4.40. The van der Waals surface area contributed by atoms with Gasteiger partial charge in [-0.2, -0.15) is 0 Å². The van der Waals surface area contributed by atoms with E-state index in [-0.39, 0.29) is 12.2 Å². The molecule has 0 aliphatic heterocycles. The minimum absolute atomic E-state index is 0.272. The second-order valence-corrected chi connectivity index (χ2v) is 3.67. The number of nitrogens with zero attached hydrogens (tertiary/aromatic N) is 4. The lowest BCUT2D eigenvalue weighted by atomic mass is 10.4. The van der Waals surface area contributed by atoms with E-state index >= 15 is 0 Å². The summed E-state index contributed by atoms with van der Waals surface area (Å²) in [7, 11) is 0. The zero-order chi connectivity index (χ0) is 11.5. The molecule has 0 N–H and O–H groups in total. The number of halogens is 1. The Kier molecular flexibility index (Phi) is 2.96. The molecule has 0 unspecified atom stereocenters. The zero-order valence-electron chi connectivity index (χ0n) is 8.59. The summed E-state index contributed by atoms with van der Waals surface area (Å²) < 4.78 is 1.42. The Morgan fingerprint density at radius 3 is 2.94 bits per heavy atom. The van der Waals surface area contributed by atoms with Gasteiger partial charge in [0.05, 0.1) is 6.54 Å². The normalized spacial score (nSPS) is 10.4. The number of aromatic nitrogens is 4. The maximum absolute atomic E-state index is 11.4. The van der Waals surface area contributed by atoms with Gasteiger partial charge in [0.1, 0.15) is 11.0 Å². The van der Waals surface area contributed by atoms with Gasteiger partial charge >= 0.3 is 5.69 Å². The molecule has 0 saturated carbocycles. The van der Waals surface area contributed by atoms with Crippen LogP contribution in [0.1, 0.15) is 11.5 Å². The Morgan fingerprint density at radius 2 is 2.25 bits per heavy atom. The minimum atomic E-state index is -0.330. The van der Waals surface area contributed by atoms with E-state index < -0.39 is 0 Å². The van der Waals surface area contributed by atoms with Gasteiger partial charge in [0.15, 0.2) is 0 Å². The summed E-state index contributed by atoms with van der Waals surface area (Å²) in [5.41, 5.74) is 0.440. The van der Waals surface area contributed by atoms with Crippen LogP contribution in [0, 0.1) is 6.92 Å². The first-order valence-electron chi connectivity index (χ1n) is 4.66. The van der Waals surface area contributed by atoms with Crippen LogP contribution in [0.5, 0.6) is 0 Å². The number of hydrogen-bond donors (Lipinski definition) is 0. The lowest BCUT2D eigenvalue weighted by Crippen LogP contribution is -2.23. The molecule has 2 heterocycles. The van der Waals surface area contributed by atoms with Crippen molar-refractivity contribution in [1.29, 1.82) is 0 Å². The molecule has 5 nitrogen and oxygen atoms in total. The molecule has 2 rings (SSSR count). The van der Waals surface area contributed by atoms with Gasteiger partial charge in [-0.15, -0.1) is 0 Å². The molecule has 0 saturated heterocycles. The predicted octanol–water partition coefficient (Wildman–Crippen LogP) is 1.04. The Morgan fingerprint density at radius 1 is 1.44 bits per heavy atom. The summed E-state index contributed by atoms with van der Waals surface area (Å²) in [6, 6.07) is 3.34. The van der Waals surface area contributed by atoms with Crippen molar-refractivity contribution in [2.75, 3.05) is 0 Å². The third-order valence-electron chi connectivity index (χ3n) is 1.96. The van der Waals surface area contributed by atoms with Crippen molar-refractivity contribution >= 4 is 11.6 Å². The molecule has 0 amide bonds. The van der Waals surface area contributed by atoms with Gasteiger partial charge in [0, 0.05) is 18.1 Å². The third kappa shape index (κ3) is 2.43.